The molecular weight excluding hydrogens is 293 g/mol. The molecule has 0 bridgehead atoms. The number of halogens is 2. The molecule has 2 rings (SSSR count). The van der Waals surface area contributed by atoms with Gasteiger partial charge in [-0.3, -0.25) is 9.80 Å². The Hall–Kier alpha value is -0.480. The molecule has 0 aromatic heterocycles. The van der Waals surface area contributed by atoms with Crippen LogP contribution in [0.25, 0.3) is 0 Å². The Morgan fingerprint density at radius 2 is 1.55 bits per heavy atom. The van der Waals surface area contributed by atoms with Gasteiger partial charge in [-0.05, 0) is 38.5 Å². The first kappa shape index (κ1) is 15.9. The number of hydrogen-bond donors (Lipinski definition) is 1. The van der Waals surface area contributed by atoms with Gasteiger partial charge in [-0.25, -0.2) is 0 Å². The van der Waals surface area contributed by atoms with Crippen LogP contribution in [0.5, 0.6) is 0 Å². The molecule has 0 amide bonds. The van der Waals surface area contributed by atoms with E-state index in [4.69, 9.17) is 28.9 Å². The van der Waals surface area contributed by atoms with Crippen LogP contribution in [0.1, 0.15) is 26.3 Å². The highest BCUT2D eigenvalue weighted by Crippen LogP contribution is 2.29. The van der Waals surface area contributed by atoms with Crippen LogP contribution in [0.15, 0.2) is 12.1 Å². The van der Waals surface area contributed by atoms with Crippen molar-refractivity contribution >= 4 is 28.9 Å². The molecule has 1 aromatic rings. The van der Waals surface area contributed by atoms with Crippen LogP contribution < -0.4 is 5.73 Å². The largest absolute Gasteiger partial charge is 0.396 e. The summed E-state index contributed by atoms with van der Waals surface area (Å²) in [5, 5.41) is 1.08. The average molecular weight is 316 g/mol. The van der Waals surface area contributed by atoms with Crippen LogP contribution >= 0.6 is 23.2 Å². The third-order valence-corrected chi connectivity index (χ3v) is 4.49. The molecule has 0 aliphatic carbocycles. The van der Waals surface area contributed by atoms with Gasteiger partial charge in [-0.15, -0.1) is 0 Å². The van der Waals surface area contributed by atoms with E-state index in [9.17, 15) is 0 Å². The van der Waals surface area contributed by atoms with Crippen LogP contribution in [0.4, 0.5) is 5.69 Å². The van der Waals surface area contributed by atoms with E-state index in [-0.39, 0.29) is 5.54 Å². The second-order valence-electron chi connectivity index (χ2n) is 6.41. The summed E-state index contributed by atoms with van der Waals surface area (Å²) in [6.07, 6.45) is 0. The third-order valence-electron chi connectivity index (χ3n) is 3.87. The van der Waals surface area contributed by atoms with E-state index in [2.05, 4.69) is 30.6 Å². The van der Waals surface area contributed by atoms with Gasteiger partial charge >= 0.3 is 0 Å². The van der Waals surface area contributed by atoms with Gasteiger partial charge in [-0.1, -0.05) is 23.2 Å². The quantitative estimate of drug-likeness (QED) is 0.848. The number of benzene rings is 1. The first-order chi connectivity index (χ1) is 9.27. The minimum Gasteiger partial charge on any atom is -0.396 e. The van der Waals surface area contributed by atoms with Crippen LogP contribution in [0.2, 0.25) is 10.0 Å². The van der Waals surface area contributed by atoms with E-state index < -0.39 is 0 Å². The van der Waals surface area contributed by atoms with Crippen molar-refractivity contribution in [2.75, 3.05) is 31.9 Å². The van der Waals surface area contributed by atoms with E-state index in [1.807, 2.05) is 12.1 Å². The zero-order chi connectivity index (χ0) is 14.9. The molecule has 1 heterocycles. The lowest BCUT2D eigenvalue weighted by atomic mass is 10.0. The predicted molar refractivity (Wildman–Crippen MR) is 87.5 cm³/mol. The lowest BCUT2D eigenvalue weighted by Gasteiger charge is -2.42. The van der Waals surface area contributed by atoms with Crippen molar-refractivity contribution in [2.24, 2.45) is 0 Å². The van der Waals surface area contributed by atoms with Gasteiger partial charge in [0.1, 0.15) is 0 Å². The molecule has 1 aliphatic rings. The van der Waals surface area contributed by atoms with E-state index in [0.29, 0.717) is 15.7 Å². The Bertz CT molecular complexity index is 451. The molecule has 20 heavy (non-hydrogen) atoms. The predicted octanol–water partition coefficient (Wildman–Crippen LogP) is 3.49. The van der Waals surface area contributed by atoms with E-state index in [1.54, 1.807) is 0 Å². The standard InChI is InChI=1S/C15H23Cl2N3/c1-15(2,3)20-6-4-19(5-7-20)10-11-8-12(16)14(18)13(17)9-11/h8-9H,4-7,10,18H2,1-3H3. The monoisotopic (exact) mass is 315 g/mol. The summed E-state index contributed by atoms with van der Waals surface area (Å²) in [6.45, 7) is 12.0. The van der Waals surface area contributed by atoms with Crippen LogP contribution in [-0.4, -0.2) is 41.5 Å². The zero-order valence-corrected chi connectivity index (χ0v) is 13.9. The summed E-state index contributed by atoms with van der Waals surface area (Å²) in [5.74, 6) is 0. The second-order valence-corrected chi connectivity index (χ2v) is 7.22. The summed E-state index contributed by atoms with van der Waals surface area (Å²) >= 11 is 12.2. The number of rotatable bonds is 2. The van der Waals surface area contributed by atoms with Crippen molar-refractivity contribution in [1.82, 2.24) is 9.80 Å². The molecule has 1 fully saturated rings. The van der Waals surface area contributed by atoms with Gasteiger partial charge in [-0.2, -0.15) is 0 Å². The maximum Gasteiger partial charge on any atom is 0.0693 e. The molecular formula is C15H23Cl2N3. The Morgan fingerprint density at radius 1 is 1.05 bits per heavy atom. The molecule has 0 spiro atoms. The Labute approximate surface area is 131 Å². The van der Waals surface area contributed by atoms with Crippen molar-refractivity contribution < 1.29 is 0 Å². The number of nitrogens with zero attached hydrogens (tertiary/aromatic N) is 2. The lowest BCUT2D eigenvalue weighted by molar-refractivity contribution is 0.0591. The van der Waals surface area contributed by atoms with E-state index in [1.165, 1.54) is 0 Å². The first-order valence-corrected chi connectivity index (χ1v) is 7.74. The molecule has 0 unspecified atom stereocenters. The fourth-order valence-electron chi connectivity index (χ4n) is 2.56. The fourth-order valence-corrected chi connectivity index (χ4v) is 3.10. The van der Waals surface area contributed by atoms with E-state index >= 15 is 0 Å². The third kappa shape index (κ3) is 3.79. The first-order valence-electron chi connectivity index (χ1n) is 6.98. The molecule has 0 atom stereocenters. The summed E-state index contributed by atoms with van der Waals surface area (Å²) in [6, 6.07) is 3.83. The highest BCUT2D eigenvalue weighted by Gasteiger charge is 2.25. The molecule has 0 saturated carbocycles. The Morgan fingerprint density at radius 3 is 2.00 bits per heavy atom. The SMILES string of the molecule is CC(C)(C)N1CCN(Cc2cc(Cl)c(N)c(Cl)c2)CC1. The maximum absolute atomic E-state index is 6.08. The van der Waals surface area contributed by atoms with Crippen LogP contribution in [-0.2, 0) is 6.54 Å². The number of nitrogens with two attached hydrogens (primary N) is 1. The molecule has 3 nitrogen and oxygen atoms in total. The number of hydrogen-bond acceptors (Lipinski definition) is 3. The number of anilines is 1. The molecule has 0 radical (unpaired) electrons. The smallest absolute Gasteiger partial charge is 0.0693 e. The summed E-state index contributed by atoms with van der Waals surface area (Å²) in [7, 11) is 0. The van der Waals surface area contributed by atoms with Crippen molar-refractivity contribution in [3.05, 3.63) is 27.7 Å². The van der Waals surface area contributed by atoms with Crippen molar-refractivity contribution in [1.29, 1.82) is 0 Å². The maximum atomic E-state index is 6.08. The van der Waals surface area contributed by atoms with E-state index in [0.717, 1.165) is 38.3 Å². The molecule has 5 heteroatoms. The van der Waals surface area contributed by atoms with Crippen molar-refractivity contribution in [3.8, 4) is 0 Å². The summed E-state index contributed by atoms with van der Waals surface area (Å²) < 4.78 is 0. The van der Waals surface area contributed by atoms with Gasteiger partial charge in [0.15, 0.2) is 0 Å². The Balaban J connectivity index is 1.96. The van der Waals surface area contributed by atoms with Gasteiger partial charge in [0, 0.05) is 38.3 Å². The van der Waals surface area contributed by atoms with Gasteiger partial charge < -0.3 is 5.73 Å². The molecule has 1 saturated heterocycles. The van der Waals surface area contributed by atoms with Gasteiger partial charge in [0.25, 0.3) is 0 Å². The minimum absolute atomic E-state index is 0.250. The Kier molecular flexibility index (Phi) is 4.85. The zero-order valence-electron chi connectivity index (χ0n) is 12.4. The second kappa shape index (κ2) is 6.10. The highest BCUT2D eigenvalue weighted by atomic mass is 35.5. The van der Waals surface area contributed by atoms with Crippen molar-refractivity contribution in [2.45, 2.75) is 32.9 Å². The normalized spacial score (nSPS) is 18.4. The lowest BCUT2D eigenvalue weighted by Crippen LogP contribution is -2.53. The minimum atomic E-state index is 0.250. The summed E-state index contributed by atoms with van der Waals surface area (Å²) in [5.41, 5.74) is 7.61. The molecule has 1 aliphatic heterocycles. The van der Waals surface area contributed by atoms with Crippen LogP contribution in [0.3, 0.4) is 0 Å². The molecule has 112 valence electrons. The summed E-state index contributed by atoms with van der Waals surface area (Å²) in [4.78, 5) is 4.95. The fraction of sp³-hybridized carbons (Fsp3) is 0.600. The van der Waals surface area contributed by atoms with Gasteiger partial charge in [0.05, 0.1) is 15.7 Å². The van der Waals surface area contributed by atoms with Crippen molar-refractivity contribution in [3.63, 3.8) is 0 Å². The van der Waals surface area contributed by atoms with Gasteiger partial charge in [0.2, 0.25) is 0 Å². The number of piperazine rings is 1. The molecule has 1 aromatic carbocycles. The highest BCUT2D eigenvalue weighted by molar-refractivity contribution is 6.38. The van der Waals surface area contributed by atoms with Crippen LogP contribution in [0, 0.1) is 0 Å². The number of nitrogen functional groups attached to an aromatic ring is 1. The average Bonchev–Trinajstić information content (AvgIpc) is 2.35. The molecule has 2 N–H and O–H groups in total. The topological polar surface area (TPSA) is 32.5 Å².